The fourth-order valence-corrected chi connectivity index (χ4v) is 6.79. The number of allylic oxidation sites excluding steroid dienone is 5. The molecule has 41 heavy (non-hydrogen) atoms. The fourth-order valence-electron chi connectivity index (χ4n) is 6.79. The summed E-state index contributed by atoms with van der Waals surface area (Å²) in [6.07, 6.45) is 3.20. The number of ketones is 2. The Morgan fingerprint density at radius 1 is 1.10 bits per heavy atom. The zero-order valence-corrected chi connectivity index (χ0v) is 22.4. The maximum absolute atomic E-state index is 13.9. The summed E-state index contributed by atoms with van der Waals surface area (Å²) in [5.41, 5.74) is 2.11. The van der Waals surface area contributed by atoms with Crippen LogP contribution in [0.25, 0.3) is 0 Å². The number of aliphatic hydroxyl groups excluding tert-OH is 3. The van der Waals surface area contributed by atoms with Crippen molar-refractivity contribution < 1.29 is 44.8 Å². The standard InChI is InChI=1S/C29H31N3O9/c1-28(14-3-5-16(6-4-14)31-20(35)12-32(2)41)8-7-18(33)22-17(28)10-13-9-15-11-19(34)23(27(30)39)26(38)29(15,40)25(37)21(13)24(22)36/h3-8,13,15,17,33-34,37,40-41H,9-12H2,1-2H3,(H2,30,39)(H,31,35)/t13-,15?,17?,28?,29+/m1/s1. The van der Waals surface area contributed by atoms with Gasteiger partial charge in [-0.25, -0.2) is 0 Å². The third kappa shape index (κ3) is 4.26. The first-order chi connectivity index (χ1) is 19.2. The van der Waals surface area contributed by atoms with E-state index in [2.05, 4.69) is 5.32 Å². The maximum atomic E-state index is 13.9. The second-order valence-electron chi connectivity index (χ2n) is 11.4. The molecule has 216 valence electrons. The molecule has 3 unspecified atom stereocenters. The number of benzene rings is 1. The molecule has 1 fully saturated rings. The zero-order valence-electron chi connectivity index (χ0n) is 22.4. The van der Waals surface area contributed by atoms with Gasteiger partial charge in [-0.2, -0.15) is 5.06 Å². The topological polar surface area (TPSA) is 211 Å². The first-order valence-electron chi connectivity index (χ1n) is 13.1. The summed E-state index contributed by atoms with van der Waals surface area (Å²) in [7, 11) is 1.35. The molecule has 0 heterocycles. The second kappa shape index (κ2) is 9.68. The molecule has 1 saturated carbocycles. The Labute approximate surface area is 234 Å². The number of aliphatic hydroxyl groups is 4. The third-order valence-electron chi connectivity index (χ3n) is 8.84. The Morgan fingerprint density at radius 2 is 1.76 bits per heavy atom. The SMILES string of the molecule is CN(O)CC(=O)Nc1ccc(C2(C)C=CC(O)=C3C(=O)C4=C(O)[C@]5(O)C(=O)C(C(N)=O)=C(O)CC5C[C@@H]4CC32)cc1. The number of Topliss-reactive ketones (excluding diaryl/α,β-unsaturated/α-hetero) is 2. The fraction of sp³-hybridized carbons (Fsp3) is 0.379. The smallest absolute Gasteiger partial charge is 0.255 e. The lowest BCUT2D eigenvalue weighted by Gasteiger charge is -2.50. The molecule has 5 rings (SSSR count). The number of rotatable bonds is 5. The monoisotopic (exact) mass is 565 g/mol. The van der Waals surface area contributed by atoms with Crippen LogP contribution in [0.1, 0.15) is 31.7 Å². The molecule has 0 aromatic heterocycles. The van der Waals surface area contributed by atoms with E-state index in [1.807, 2.05) is 6.92 Å². The zero-order chi connectivity index (χ0) is 30.0. The first-order valence-corrected chi connectivity index (χ1v) is 13.1. The van der Waals surface area contributed by atoms with E-state index in [-0.39, 0.29) is 42.7 Å². The lowest BCUT2D eigenvalue weighted by molar-refractivity contribution is -0.145. The van der Waals surface area contributed by atoms with E-state index in [0.29, 0.717) is 5.69 Å². The van der Waals surface area contributed by atoms with Crippen molar-refractivity contribution >= 4 is 29.1 Å². The van der Waals surface area contributed by atoms with Crippen molar-refractivity contribution in [1.82, 2.24) is 5.06 Å². The van der Waals surface area contributed by atoms with Crippen LogP contribution < -0.4 is 11.1 Å². The number of carbonyl (C=O) groups excluding carboxylic acids is 4. The normalized spacial score (nSPS) is 31.2. The van der Waals surface area contributed by atoms with Crippen LogP contribution in [0, 0.1) is 17.8 Å². The number of primary amides is 1. The highest BCUT2D eigenvalue weighted by Gasteiger charge is 2.61. The van der Waals surface area contributed by atoms with E-state index in [1.165, 1.54) is 13.1 Å². The van der Waals surface area contributed by atoms with Crippen molar-refractivity contribution in [3.8, 4) is 0 Å². The van der Waals surface area contributed by atoms with Crippen molar-refractivity contribution in [2.24, 2.45) is 23.5 Å². The lowest BCUT2D eigenvalue weighted by Crippen LogP contribution is -2.58. The molecule has 0 aliphatic heterocycles. The van der Waals surface area contributed by atoms with Crippen LogP contribution in [0.3, 0.4) is 0 Å². The number of anilines is 1. The van der Waals surface area contributed by atoms with E-state index < -0.39 is 69.2 Å². The Kier molecular flexibility index (Phi) is 6.68. The van der Waals surface area contributed by atoms with Gasteiger partial charge in [-0.15, -0.1) is 0 Å². The molecule has 4 aliphatic rings. The molecule has 5 atom stereocenters. The van der Waals surface area contributed by atoms with Gasteiger partial charge in [0, 0.05) is 47.6 Å². The number of likely N-dealkylation sites (N-methyl/N-ethyl adjacent to an activating group) is 1. The molecule has 2 amide bonds. The highest BCUT2D eigenvalue weighted by molar-refractivity contribution is 6.24. The Hall–Kier alpha value is -4.26. The van der Waals surface area contributed by atoms with Crippen molar-refractivity contribution in [2.45, 2.75) is 37.2 Å². The number of amides is 2. The molecule has 8 N–H and O–H groups in total. The maximum Gasteiger partial charge on any atom is 0.255 e. The van der Waals surface area contributed by atoms with Gasteiger partial charge in [0.05, 0.1) is 0 Å². The molecule has 0 saturated heterocycles. The van der Waals surface area contributed by atoms with E-state index in [1.54, 1.807) is 30.3 Å². The van der Waals surface area contributed by atoms with Gasteiger partial charge in [0.1, 0.15) is 29.4 Å². The summed E-state index contributed by atoms with van der Waals surface area (Å²) in [6.45, 7) is 1.68. The summed E-state index contributed by atoms with van der Waals surface area (Å²) in [4.78, 5) is 50.8. The van der Waals surface area contributed by atoms with Gasteiger partial charge in [0.15, 0.2) is 11.4 Å². The number of fused-ring (bicyclic) bond motifs is 3. The number of hydrogen-bond acceptors (Lipinski definition) is 10. The number of hydroxylamine groups is 2. The highest BCUT2D eigenvalue weighted by atomic mass is 16.5. The Morgan fingerprint density at radius 3 is 2.37 bits per heavy atom. The second-order valence-corrected chi connectivity index (χ2v) is 11.4. The van der Waals surface area contributed by atoms with Crippen molar-refractivity contribution in [2.75, 3.05) is 18.9 Å². The number of nitrogens with zero attached hydrogens (tertiary/aromatic N) is 1. The first kappa shape index (κ1) is 28.3. The van der Waals surface area contributed by atoms with Crippen molar-refractivity contribution in [1.29, 1.82) is 0 Å². The van der Waals surface area contributed by atoms with E-state index in [4.69, 9.17) is 5.73 Å². The average Bonchev–Trinajstić information content (AvgIpc) is 2.88. The van der Waals surface area contributed by atoms with Gasteiger partial charge < -0.3 is 36.7 Å². The lowest BCUT2D eigenvalue weighted by atomic mass is 9.54. The van der Waals surface area contributed by atoms with Crippen LogP contribution >= 0.6 is 0 Å². The minimum absolute atomic E-state index is 0.0231. The number of hydrogen-bond donors (Lipinski definition) is 7. The van der Waals surface area contributed by atoms with Crippen LogP contribution in [0.5, 0.6) is 0 Å². The van der Waals surface area contributed by atoms with Gasteiger partial charge in [-0.1, -0.05) is 25.1 Å². The molecular formula is C29H31N3O9. The van der Waals surface area contributed by atoms with Crippen LogP contribution in [0.4, 0.5) is 5.69 Å². The predicted octanol–water partition coefficient (Wildman–Crippen LogP) is 1.62. The molecule has 1 aromatic carbocycles. The van der Waals surface area contributed by atoms with Gasteiger partial charge >= 0.3 is 0 Å². The highest BCUT2D eigenvalue weighted by Crippen LogP contribution is 2.56. The largest absolute Gasteiger partial charge is 0.511 e. The van der Waals surface area contributed by atoms with Crippen molar-refractivity contribution in [3.05, 3.63) is 76.0 Å². The molecule has 0 radical (unpaired) electrons. The summed E-state index contributed by atoms with van der Waals surface area (Å²) in [5, 5.41) is 56.5. The molecule has 0 bridgehead atoms. The van der Waals surface area contributed by atoms with E-state index >= 15 is 0 Å². The van der Waals surface area contributed by atoms with E-state index in [0.717, 1.165) is 10.6 Å². The summed E-state index contributed by atoms with van der Waals surface area (Å²) in [6, 6.07) is 6.93. The molecule has 0 spiro atoms. The summed E-state index contributed by atoms with van der Waals surface area (Å²) < 4.78 is 0. The summed E-state index contributed by atoms with van der Waals surface area (Å²) >= 11 is 0. The predicted molar refractivity (Wildman–Crippen MR) is 143 cm³/mol. The number of nitrogens with two attached hydrogens (primary N) is 1. The molecule has 12 nitrogen and oxygen atoms in total. The minimum Gasteiger partial charge on any atom is -0.511 e. The summed E-state index contributed by atoms with van der Waals surface area (Å²) in [5.74, 6) is -7.59. The quantitative estimate of drug-likeness (QED) is 0.202. The molecular weight excluding hydrogens is 534 g/mol. The molecule has 12 heteroatoms. The van der Waals surface area contributed by atoms with Gasteiger partial charge in [-0.3, -0.25) is 19.2 Å². The van der Waals surface area contributed by atoms with Crippen LogP contribution in [-0.4, -0.2) is 73.3 Å². The molecule has 1 aromatic rings. The average molecular weight is 566 g/mol. The van der Waals surface area contributed by atoms with E-state index in [9.17, 15) is 44.8 Å². The van der Waals surface area contributed by atoms with Gasteiger partial charge in [0.25, 0.3) is 5.91 Å². The third-order valence-corrected chi connectivity index (χ3v) is 8.84. The van der Waals surface area contributed by atoms with Gasteiger partial charge in [-0.05, 0) is 42.5 Å². The van der Waals surface area contributed by atoms with Gasteiger partial charge in [0.2, 0.25) is 11.7 Å². The van der Waals surface area contributed by atoms with Crippen molar-refractivity contribution in [3.63, 3.8) is 0 Å². The van der Waals surface area contributed by atoms with Crippen LogP contribution in [0.15, 0.2) is 70.4 Å². The van der Waals surface area contributed by atoms with Crippen LogP contribution in [0.2, 0.25) is 0 Å². The number of carbonyl (C=O) groups is 4. The van der Waals surface area contributed by atoms with Crippen LogP contribution in [-0.2, 0) is 24.6 Å². The Balaban J connectivity index is 1.51. The Bertz CT molecular complexity index is 1500. The minimum atomic E-state index is -2.61. The number of nitrogens with one attached hydrogen (secondary N) is 1. The molecule has 4 aliphatic carbocycles.